The Bertz CT molecular complexity index is 2780. The molecule has 5 aliphatic rings. The number of aromatic nitrogens is 3. The number of piperidine rings is 1. The van der Waals surface area contributed by atoms with Crippen LogP contribution >= 0.6 is 0 Å². The molecule has 0 bridgehead atoms. The number of aliphatic hydroxyl groups is 1. The van der Waals surface area contributed by atoms with Crippen LogP contribution in [0.5, 0.6) is 11.5 Å². The number of likely N-dealkylation sites (tertiary alicyclic amines) is 1. The number of carbonyl (C=O) groups is 1. The number of nitrogens with zero attached hydrogens (tertiary/aromatic N) is 5. The molecule has 16 heteroatoms. The molecule has 1 amide bonds. The van der Waals surface area contributed by atoms with Gasteiger partial charge >= 0.3 is 0 Å². The fraction of sp³-hybridized carbons (Fsp3) is 0.510. The van der Waals surface area contributed by atoms with Crippen LogP contribution in [0.25, 0.3) is 11.0 Å². The molecule has 3 aromatic heterocycles. The molecule has 354 valence electrons. The summed E-state index contributed by atoms with van der Waals surface area (Å²) in [4.78, 5) is 42.5. The Balaban J connectivity index is 0.867. The molecule has 0 radical (unpaired) electrons. The van der Waals surface area contributed by atoms with Crippen LogP contribution in [0, 0.1) is 22.1 Å². The van der Waals surface area contributed by atoms with E-state index in [9.17, 15) is 27.6 Å². The number of amides is 1. The minimum Gasteiger partial charge on any atom is -0.454 e. The molecule has 1 spiro atoms. The maximum Gasteiger partial charge on any atom is 0.268 e. The summed E-state index contributed by atoms with van der Waals surface area (Å²) in [5.74, 6) is 0.469. The van der Waals surface area contributed by atoms with Crippen LogP contribution in [-0.2, 0) is 10.0 Å². The van der Waals surface area contributed by atoms with Crippen molar-refractivity contribution in [1.29, 1.82) is 0 Å². The van der Waals surface area contributed by atoms with Gasteiger partial charge in [0.15, 0.2) is 11.5 Å². The maximum absolute atomic E-state index is 14.9. The van der Waals surface area contributed by atoms with Crippen molar-refractivity contribution in [2.45, 2.75) is 126 Å². The molecule has 2 atom stereocenters. The number of hydrogen-bond donors (Lipinski definition) is 4. The highest BCUT2D eigenvalue weighted by Crippen LogP contribution is 2.50. The van der Waals surface area contributed by atoms with Gasteiger partial charge < -0.3 is 25.0 Å². The summed E-state index contributed by atoms with van der Waals surface area (Å²) in [5.41, 5.74) is 4.13. The van der Waals surface area contributed by atoms with Gasteiger partial charge in [0.05, 0.1) is 22.2 Å². The number of nitrogens with one attached hydrogen (secondary N) is 3. The quantitative estimate of drug-likeness (QED) is 0.0778. The zero-order chi connectivity index (χ0) is 46.7. The van der Waals surface area contributed by atoms with Crippen LogP contribution in [0.3, 0.4) is 0 Å². The van der Waals surface area contributed by atoms with Crippen LogP contribution in [-0.4, -0.2) is 83.7 Å². The van der Waals surface area contributed by atoms with Gasteiger partial charge in [-0.1, -0.05) is 44.5 Å². The number of sulfonamides is 1. The van der Waals surface area contributed by atoms with Crippen LogP contribution in [0.2, 0.25) is 0 Å². The number of anilines is 2. The standard InChI is InChI=1S/C51H61FN8O6S/c1-31(2)36-7-4-5-8-37(36)38-9-6-10-43(38)60-29-51(30-60)19-21-59(22-20-51)34-13-14-39(44(23-34)66-45-25-40-41(52)28-55-47(40)56-46(45)33-11-12-33)49(61)58-67(64,65)35-24-42(57-63)48(54-27-35)53-26-32-15-17-50(3,62)18-16-32/h4-5,7-8,13-14,23-25,27-28,31-33,38,43,62H,6,9-12,15-22,26,29-30H2,1-3H3,(H,53,54)(H,55,56)(H,58,61)/t32-,38-,43-,50-/m1/s1. The smallest absolute Gasteiger partial charge is 0.268 e. The zero-order valence-electron chi connectivity index (χ0n) is 38.6. The van der Waals surface area contributed by atoms with Gasteiger partial charge in [0.1, 0.15) is 27.9 Å². The van der Waals surface area contributed by atoms with Crippen LogP contribution < -0.4 is 19.7 Å². The Labute approximate surface area is 391 Å². The van der Waals surface area contributed by atoms with Gasteiger partial charge in [-0.25, -0.2) is 27.5 Å². The van der Waals surface area contributed by atoms with Crippen LogP contribution in [0.15, 0.2) is 77.1 Å². The summed E-state index contributed by atoms with van der Waals surface area (Å²) in [6.45, 7) is 10.7. The fourth-order valence-electron chi connectivity index (χ4n) is 11.3. The van der Waals surface area contributed by atoms with E-state index in [1.807, 2.05) is 13.0 Å². The lowest BCUT2D eigenvalue weighted by Gasteiger charge is -2.57. The molecule has 3 saturated carbocycles. The van der Waals surface area contributed by atoms with E-state index in [0.717, 1.165) is 82.7 Å². The SMILES string of the molecule is CC(C)c1ccccc1[C@H]1CCC[C@H]1N1CC2(CCN(c3ccc(C(=O)NS(=O)(=O)c4cnc(NC[C@H]5CC[C@](C)(O)CC5)c(N=O)c4)c(Oc4cc5c(F)c[nH]c5nc4C4CC4)c3)CC2)C1. The Hall–Kier alpha value is -5.45. The minimum absolute atomic E-state index is 0.0524. The van der Waals surface area contributed by atoms with E-state index >= 15 is 0 Å². The van der Waals surface area contributed by atoms with Gasteiger partial charge in [-0.15, -0.1) is 4.91 Å². The predicted octanol–water partition coefficient (Wildman–Crippen LogP) is 10.00. The second kappa shape index (κ2) is 17.9. The first-order valence-electron chi connectivity index (χ1n) is 24.1. The van der Waals surface area contributed by atoms with E-state index < -0.39 is 32.2 Å². The van der Waals surface area contributed by atoms with Gasteiger partial charge in [-0.3, -0.25) is 9.69 Å². The second-order valence-corrected chi connectivity index (χ2v) is 22.3. The van der Waals surface area contributed by atoms with E-state index in [4.69, 9.17) is 9.72 Å². The Kier molecular flexibility index (Phi) is 12.1. The lowest BCUT2D eigenvalue weighted by molar-refractivity contribution is -0.0493. The molecular formula is C51H61FN8O6S. The summed E-state index contributed by atoms with van der Waals surface area (Å²) >= 11 is 0. The van der Waals surface area contributed by atoms with E-state index in [1.165, 1.54) is 36.6 Å². The first-order valence-corrected chi connectivity index (χ1v) is 25.6. The number of H-pyrrole nitrogens is 1. The molecule has 4 N–H and O–H groups in total. The van der Waals surface area contributed by atoms with Gasteiger partial charge in [0.25, 0.3) is 15.9 Å². The number of aromatic amines is 1. The van der Waals surface area contributed by atoms with Gasteiger partial charge in [0, 0.05) is 68.8 Å². The number of ether oxygens (including phenoxy) is 1. The number of rotatable bonds is 14. The third-order valence-corrected chi connectivity index (χ3v) is 16.8. The highest BCUT2D eigenvalue weighted by Gasteiger charge is 2.49. The Morgan fingerprint density at radius 2 is 1.76 bits per heavy atom. The summed E-state index contributed by atoms with van der Waals surface area (Å²) in [7, 11) is -4.56. The second-order valence-electron chi connectivity index (χ2n) is 20.6. The highest BCUT2D eigenvalue weighted by molar-refractivity contribution is 7.90. The van der Waals surface area contributed by atoms with Crippen molar-refractivity contribution in [3.05, 3.63) is 100 Å². The molecule has 67 heavy (non-hydrogen) atoms. The van der Waals surface area contributed by atoms with Crippen molar-refractivity contribution < 1.29 is 27.4 Å². The van der Waals surface area contributed by atoms with Crippen molar-refractivity contribution in [2.24, 2.45) is 16.5 Å². The van der Waals surface area contributed by atoms with Gasteiger partial charge in [-0.2, -0.15) is 0 Å². The van der Waals surface area contributed by atoms with Crippen molar-refractivity contribution in [2.75, 3.05) is 42.9 Å². The number of pyridine rings is 2. The number of carbonyl (C=O) groups excluding carboxylic acids is 1. The molecular weight excluding hydrogens is 872 g/mol. The first-order chi connectivity index (χ1) is 32.2. The van der Waals surface area contributed by atoms with Crippen molar-refractivity contribution >= 4 is 44.2 Å². The van der Waals surface area contributed by atoms with Crippen molar-refractivity contribution in [1.82, 2.24) is 24.6 Å². The summed E-state index contributed by atoms with van der Waals surface area (Å²) in [6, 6.07) is 17.4. The lowest BCUT2D eigenvalue weighted by atomic mass is 9.70. The maximum atomic E-state index is 14.9. The number of nitroso groups, excluding NO2 is 1. The molecule has 5 aromatic rings. The molecule has 14 nitrogen and oxygen atoms in total. The number of benzene rings is 2. The average molecular weight is 933 g/mol. The normalized spacial score (nSPS) is 24.2. The summed E-state index contributed by atoms with van der Waals surface area (Å²) in [6.07, 6.45) is 12.7. The van der Waals surface area contributed by atoms with E-state index in [0.29, 0.717) is 54.4 Å². The molecule has 2 aliphatic heterocycles. The monoisotopic (exact) mass is 932 g/mol. The van der Waals surface area contributed by atoms with Crippen molar-refractivity contribution in [3.63, 3.8) is 0 Å². The highest BCUT2D eigenvalue weighted by atomic mass is 32.2. The first kappa shape index (κ1) is 45.3. The lowest BCUT2D eigenvalue weighted by Crippen LogP contribution is -2.63. The van der Waals surface area contributed by atoms with E-state index in [1.54, 1.807) is 18.2 Å². The largest absolute Gasteiger partial charge is 0.454 e. The number of halogens is 1. The summed E-state index contributed by atoms with van der Waals surface area (Å²) in [5, 5.41) is 16.7. The Morgan fingerprint density at radius 3 is 2.49 bits per heavy atom. The topological polar surface area (TPSA) is 182 Å². The third-order valence-electron chi connectivity index (χ3n) is 15.5. The zero-order valence-corrected chi connectivity index (χ0v) is 39.4. The van der Waals surface area contributed by atoms with Crippen LogP contribution in [0.4, 0.5) is 21.6 Å². The van der Waals surface area contributed by atoms with E-state index in [-0.39, 0.29) is 45.5 Å². The average Bonchev–Trinajstić information content (AvgIpc) is 3.93. The summed E-state index contributed by atoms with van der Waals surface area (Å²) < 4.78 is 51.3. The molecule has 2 saturated heterocycles. The van der Waals surface area contributed by atoms with Crippen LogP contribution in [0.1, 0.15) is 136 Å². The fourth-order valence-corrected chi connectivity index (χ4v) is 12.3. The molecule has 2 aromatic carbocycles. The minimum atomic E-state index is -4.56. The molecule has 10 rings (SSSR count). The van der Waals surface area contributed by atoms with E-state index in [2.05, 4.69) is 73.1 Å². The number of fused-ring (bicyclic) bond motifs is 1. The third kappa shape index (κ3) is 9.28. The van der Waals surface area contributed by atoms with Gasteiger partial charge in [-0.05, 0) is 135 Å². The Morgan fingerprint density at radius 1 is 1.00 bits per heavy atom. The van der Waals surface area contributed by atoms with Gasteiger partial charge in [0.2, 0.25) is 0 Å². The molecule has 5 heterocycles. The van der Waals surface area contributed by atoms with Crippen molar-refractivity contribution in [3.8, 4) is 11.5 Å². The molecule has 0 unspecified atom stereocenters. The molecule has 3 aliphatic carbocycles. The number of hydrogen-bond acceptors (Lipinski definition) is 12. The predicted molar refractivity (Wildman–Crippen MR) is 256 cm³/mol. The molecule has 5 fully saturated rings.